The maximum Gasteiger partial charge on any atom is 0.329 e. The lowest BCUT2D eigenvalue weighted by molar-refractivity contribution is -0.147. The van der Waals surface area contributed by atoms with Crippen LogP contribution in [0.3, 0.4) is 0 Å². The van der Waals surface area contributed by atoms with Crippen molar-refractivity contribution in [2.45, 2.75) is 31.8 Å². The molecule has 0 aromatic rings. The van der Waals surface area contributed by atoms with E-state index >= 15 is 0 Å². The zero-order valence-electron chi connectivity index (χ0n) is 11.4. The minimum Gasteiger partial charge on any atom is -0.480 e. The largest absolute Gasteiger partial charge is 0.480 e. The van der Waals surface area contributed by atoms with Crippen LogP contribution in [0.5, 0.6) is 0 Å². The van der Waals surface area contributed by atoms with Crippen molar-refractivity contribution < 1.29 is 24.2 Å². The molecule has 1 N–H and O–H groups in total. The molecule has 0 aliphatic carbocycles. The molecule has 7 heteroatoms. The number of ether oxygens (including phenoxy) is 1. The number of rotatable bonds is 5. The van der Waals surface area contributed by atoms with Gasteiger partial charge >= 0.3 is 5.97 Å². The third-order valence-electron chi connectivity index (χ3n) is 3.73. The highest BCUT2D eigenvalue weighted by molar-refractivity contribution is 5.85. The number of carboxylic acids is 1. The summed E-state index contributed by atoms with van der Waals surface area (Å²) in [5, 5.41) is 8.54. The molecule has 0 aromatic heterocycles. The molecule has 2 amide bonds. The van der Waals surface area contributed by atoms with Gasteiger partial charge in [-0.15, -0.1) is 0 Å². The second-order valence-electron chi connectivity index (χ2n) is 5.20. The van der Waals surface area contributed by atoms with E-state index < -0.39 is 5.97 Å². The summed E-state index contributed by atoms with van der Waals surface area (Å²) in [6, 6.07) is 0. The van der Waals surface area contributed by atoms with E-state index in [1.807, 2.05) is 0 Å². The number of piperidine rings is 1. The molecule has 0 spiro atoms. The van der Waals surface area contributed by atoms with Gasteiger partial charge in [-0.2, -0.15) is 0 Å². The van der Waals surface area contributed by atoms with E-state index in [9.17, 15) is 14.4 Å². The van der Waals surface area contributed by atoms with Gasteiger partial charge in [-0.25, -0.2) is 4.79 Å². The molecule has 0 atom stereocenters. The van der Waals surface area contributed by atoms with Crippen molar-refractivity contribution in [3.05, 3.63) is 0 Å². The Labute approximate surface area is 117 Å². The van der Waals surface area contributed by atoms with Gasteiger partial charge in [-0.1, -0.05) is 0 Å². The van der Waals surface area contributed by atoms with Gasteiger partial charge in [0.2, 0.25) is 11.8 Å². The Bertz CT molecular complexity index is 390. The van der Waals surface area contributed by atoms with Gasteiger partial charge in [0, 0.05) is 26.1 Å². The Morgan fingerprint density at radius 2 is 1.95 bits per heavy atom. The number of likely N-dealkylation sites (tertiary alicyclic amines) is 2. The summed E-state index contributed by atoms with van der Waals surface area (Å²) in [7, 11) is 0. The van der Waals surface area contributed by atoms with E-state index in [1.54, 1.807) is 9.80 Å². The highest BCUT2D eigenvalue weighted by Gasteiger charge is 2.27. The molecule has 2 rings (SSSR count). The van der Waals surface area contributed by atoms with Gasteiger partial charge in [-0.3, -0.25) is 9.59 Å². The molecule has 2 saturated heterocycles. The number of amides is 2. The highest BCUT2D eigenvalue weighted by Crippen LogP contribution is 2.15. The minimum atomic E-state index is -0.976. The zero-order chi connectivity index (χ0) is 14.5. The quantitative estimate of drug-likeness (QED) is 0.749. The predicted octanol–water partition coefficient (Wildman–Crippen LogP) is -0.299. The molecule has 112 valence electrons. The summed E-state index contributed by atoms with van der Waals surface area (Å²) < 4.78 is 5.22. The molecule has 0 unspecified atom stereocenters. The molecule has 0 bridgehead atoms. The van der Waals surface area contributed by atoms with E-state index in [0.29, 0.717) is 38.9 Å². The van der Waals surface area contributed by atoms with Crippen LogP contribution in [-0.2, 0) is 19.1 Å². The standard InChI is InChI=1S/C13H20N2O5/c16-11-2-1-5-15(11)8-12(17)14-6-3-10(4-7-14)20-9-13(18)19/h10H,1-9H2,(H,18,19). The second kappa shape index (κ2) is 6.69. The van der Waals surface area contributed by atoms with Crippen LogP contribution < -0.4 is 0 Å². The van der Waals surface area contributed by atoms with Gasteiger partial charge in [0.1, 0.15) is 6.61 Å². The predicted molar refractivity (Wildman–Crippen MR) is 69.0 cm³/mol. The van der Waals surface area contributed by atoms with Crippen LogP contribution >= 0.6 is 0 Å². The average molecular weight is 284 g/mol. The third kappa shape index (κ3) is 3.93. The third-order valence-corrected chi connectivity index (χ3v) is 3.73. The Morgan fingerprint density at radius 1 is 1.25 bits per heavy atom. The lowest BCUT2D eigenvalue weighted by atomic mass is 10.1. The summed E-state index contributed by atoms with van der Waals surface area (Å²) in [6.07, 6.45) is 2.57. The molecule has 0 radical (unpaired) electrons. The Balaban J connectivity index is 1.71. The molecule has 0 aromatic carbocycles. The normalized spacial score (nSPS) is 20.5. The van der Waals surface area contributed by atoms with E-state index in [2.05, 4.69) is 0 Å². The number of carbonyl (C=O) groups excluding carboxylic acids is 2. The van der Waals surface area contributed by atoms with Gasteiger partial charge in [-0.05, 0) is 19.3 Å². The van der Waals surface area contributed by atoms with Gasteiger partial charge in [0.25, 0.3) is 0 Å². The first-order chi connectivity index (χ1) is 9.56. The molecule has 2 fully saturated rings. The molecular weight excluding hydrogens is 264 g/mol. The van der Waals surface area contributed by atoms with Crippen LogP contribution in [0.2, 0.25) is 0 Å². The van der Waals surface area contributed by atoms with E-state index in [1.165, 1.54) is 0 Å². The van der Waals surface area contributed by atoms with Crippen LogP contribution in [0.1, 0.15) is 25.7 Å². The molecular formula is C13H20N2O5. The van der Waals surface area contributed by atoms with Gasteiger partial charge in [0.05, 0.1) is 12.6 Å². The summed E-state index contributed by atoms with van der Waals surface area (Å²) in [4.78, 5) is 37.3. The molecule has 0 saturated carbocycles. The van der Waals surface area contributed by atoms with Crippen LogP contribution in [0.25, 0.3) is 0 Å². The zero-order valence-corrected chi connectivity index (χ0v) is 11.4. The summed E-state index contributed by atoms with van der Waals surface area (Å²) in [6.45, 7) is 1.67. The van der Waals surface area contributed by atoms with Crippen LogP contribution in [-0.4, -0.2) is 71.6 Å². The first kappa shape index (κ1) is 14.8. The Morgan fingerprint density at radius 3 is 2.50 bits per heavy atom. The van der Waals surface area contributed by atoms with Crippen molar-refractivity contribution in [1.82, 2.24) is 9.80 Å². The highest BCUT2D eigenvalue weighted by atomic mass is 16.5. The van der Waals surface area contributed by atoms with Crippen molar-refractivity contribution in [3.8, 4) is 0 Å². The number of hydrogen-bond acceptors (Lipinski definition) is 4. The lowest BCUT2D eigenvalue weighted by Crippen LogP contribution is -2.46. The number of aliphatic carboxylic acids is 1. The van der Waals surface area contributed by atoms with Crippen molar-refractivity contribution in [2.24, 2.45) is 0 Å². The monoisotopic (exact) mass is 284 g/mol. The van der Waals surface area contributed by atoms with E-state index in [-0.39, 0.29) is 31.1 Å². The summed E-state index contributed by atoms with van der Waals surface area (Å²) in [5.41, 5.74) is 0. The van der Waals surface area contributed by atoms with E-state index in [0.717, 1.165) is 6.42 Å². The number of carboxylic acid groups (broad SMARTS) is 1. The van der Waals surface area contributed by atoms with Crippen molar-refractivity contribution in [3.63, 3.8) is 0 Å². The fourth-order valence-electron chi connectivity index (χ4n) is 2.60. The van der Waals surface area contributed by atoms with Gasteiger partial charge < -0.3 is 19.6 Å². The van der Waals surface area contributed by atoms with E-state index in [4.69, 9.17) is 9.84 Å². The fraction of sp³-hybridized carbons (Fsp3) is 0.769. The Hall–Kier alpha value is -1.63. The lowest BCUT2D eigenvalue weighted by Gasteiger charge is -2.32. The van der Waals surface area contributed by atoms with Crippen molar-refractivity contribution in [2.75, 3.05) is 32.8 Å². The number of carbonyl (C=O) groups is 3. The second-order valence-corrected chi connectivity index (χ2v) is 5.20. The minimum absolute atomic E-state index is 0.0306. The SMILES string of the molecule is O=C(O)COC1CCN(C(=O)CN2CCCC2=O)CC1. The fourth-order valence-corrected chi connectivity index (χ4v) is 2.60. The molecule has 2 aliphatic heterocycles. The summed E-state index contributed by atoms with van der Waals surface area (Å²) in [5.74, 6) is -0.953. The topological polar surface area (TPSA) is 87.2 Å². The molecule has 7 nitrogen and oxygen atoms in total. The first-order valence-corrected chi connectivity index (χ1v) is 6.95. The van der Waals surface area contributed by atoms with Crippen LogP contribution in [0, 0.1) is 0 Å². The molecule has 2 heterocycles. The maximum absolute atomic E-state index is 12.1. The number of nitrogens with zero attached hydrogens (tertiary/aromatic N) is 2. The number of hydrogen-bond donors (Lipinski definition) is 1. The Kier molecular flexibility index (Phi) is 4.94. The van der Waals surface area contributed by atoms with Crippen molar-refractivity contribution in [1.29, 1.82) is 0 Å². The molecule has 2 aliphatic rings. The maximum atomic E-state index is 12.1. The van der Waals surface area contributed by atoms with Gasteiger partial charge in [0.15, 0.2) is 0 Å². The average Bonchev–Trinajstić information content (AvgIpc) is 2.82. The molecule has 20 heavy (non-hydrogen) atoms. The van der Waals surface area contributed by atoms with Crippen LogP contribution in [0.4, 0.5) is 0 Å². The summed E-state index contributed by atoms with van der Waals surface area (Å²) >= 11 is 0. The first-order valence-electron chi connectivity index (χ1n) is 6.95. The van der Waals surface area contributed by atoms with Crippen molar-refractivity contribution >= 4 is 17.8 Å². The van der Waals surface area contributed by atoms with Crippen LogP contribution in [0.15, 0.2) is 0 Å². The smallest absolute Gasteiger partial charge is 0.329 e.